The second-order valence-corrected chi connectivity index (χ2v) is 2.82. The first-order valence-electron chi connectivity index (χ1n) is 3.55. The molecule has 1 aromatic carbocycles. The topological polar surface area (TPSA) is 55.5 Å². The van der Waals surface area contributed by atoms with Crippen LogP contribution >= 0.6 is 11.6 Å². The van der Waals surface area contributed by atoms with Gasteiger partial charge in [-0.1, -0.05) is 11.6 Å². The lowest BCUT2D eigenvalue weighted by Gasteiger charge is -2.08. The number of ether oxygens (including phenoxy) is 1. The lowest BCUT2D eigenvalue weighted by atomic mass is 10.2. The molecule has 0 saturated heterocycles. The van der Waals surface area contributed by atoms with Gasteiger partial charge in [-0.25, -0.2) is 0 Å². The maximum Gasteiger partial charge on any atom is 0.208 e. The highest BCUT2D eigenvalue weighted by Crippen LogP contribution is 2.35. The molecular formula is C8H9ClFNO2. The Kier molecular flexibility index (Phi) is 2.95. The normalized spacial score (nSPS) is 10.2. The van der Waals surface area contributed by atoms with Crippen molar-refractivity contribution in [2.45, 2.75) is 6.54 Å². The van der Waals surface area contributed by atoms with E-state index in [9.17, 15) is 9.50 Å². The zero-order valence-corrected chi connectivity index (χ0v) is 7.73. The van der Waals surface area contributed by atoms with E-state index in [-0.39, 0.29) is 22.9 Å². The van der Waals surface area contributed by atoms with E-state index in [0.717, 1.165) is 0 Å². The summed E-state index contributed by atoms with van der Waals surface area (Å²) in [7, 11) is 1.27. The number of phenolic OH excluding ortho intramolecular Hbond substituents is 1. The van der Waals surface area contributed by atoms with E-state index in [4.69, 9.17) is 17.3 Å². The first-order chi connectivity index (χ1) is 6.11. The highest BCUT2D eigenvalue weighted by molar-refractivity contribution is 6.32. The summed E-state index contributed by atoms with van der Waals surface area (Å²) < 4.78 is 17.8. The summed E-state index contributed by atoms with van der Waals surface area (Å²) in [5.41, 5.74) is 5.51. The SMILES string of the molecule is COc1c(Cl)cc(CN)c(O)c1F. The van der Waals surface area contributed by atoms with Crippen molar-refractivity contribution < 1.29 is 14.2 Å². The standard InChI is InChI=1S/C8H9ClFNO2/c1-13-8-5(9)2-4(3-11)7(12)6(8)10/h2,12H,3,11H2,1H3. The monoisotopic (exact) mass is 205 g/mol. The molecule has 0 bridgehead atoms. The molecule has 0 unspecified atom stereocenters. The van der Waals surface area contributed by atoms with Crippen molar-refractivity contribution in [1.29, 1.82) is 0 Å². The molecule has 3 nitrogen and oxygen atoms in total. The van der Waals surface area contributed by atoms with Crippen LogP contribution in [0.2, 0.25) is 5.02 Å². The number of methoxy groups -OCH3 is 1. The Morgan fingerprint density at radius 1 is 1.69 bits per heavy atom. The van der Waals surface area contributed by atoms with E-state index < -0.39 is 11.6 Å². The molecule has 1 aromatic rings. The van der Waals surface area contributed by atoms with Crippen LogP contribution in [0.25, 0.3) is 0 Å². The van der Waals surface area contributed by atoms with Crippen LogP contribution < -0.4 is 10.5 Å². The molecule has 0 aliphatic rings. The molecule has 0 amide bonds. The molecule has 72 valence electrons. The Bertz CT molecular complexity index is 330. The molecule has 13 heavy (non-hydrogen) atoms. The van der Waals surface area contributed by atoms with Gasteiger partial charge in [-0.05, 0) is 6.07 Å². The van der Waals surface area contributed by atoms with Crippen LogP contribution in [0.15, 0.2) is 6.07 Å². The molecule has 0 spiro atoms. The largest absolute Gasteiger partial charge is 0.504 e. The summed E-state index contributed by atoms with van der Waals surface area (Å²) >= 11 is 5.65. The van der Waals surface area contributed by atoms with Gasteiger partial charge in [0.05, 0.1) is 12.1 Å². The smallest absolute Gasteiger partial charge is 0.208 e. The van der Waals surface area contributed by atoms with E-state index >= 15 is 0 Å². The van der Waals surface area contributed by atoms with E-state index in [1.807, 2.05) is 0 Å². The van der Waals surface area contributed by atoms with Gasteiger partial charge in [0, 0.05) is 12.1 Å². The Balaban J connectivity index is 3.37. The van der Waals surface area contributed by atoms with Crippen LogP contribution in [0.4, 0.5) is 4.39 Å². The van der Waals surface area contributed by atoms with E-state index in [2.05, 4.69) is 4.74 Å². The molecule has 0 fully saturated rings. The van der Waals surface area contributed by atoms with Gasteiger partial charge in [-0.3, -0.25) is 0 Å². The third kappa shape index (κ3) is 1.68. The van der Waals surface area contributed by atoms with Crippen LogP contribution in [0, 0.1) is 5.82 Å². The van der Waals surface area contributed by atoms with Crippen LogP contribution in [0.1, 0.15) is 5.56 Å². The van der Waals surface area contributed by atoms with E-state index in [1.165, 1.54) is 13.2 Å². The summed E-state index contributed by atoms with van der Waals surface area (Å²) in [5.74, 6) is -1.56. The summed E-state index contributed by atoms with van der Waals surface area (Å²) in [6.45, 7) is 0.0203. The van der Waals surface area contributed by atoms with Gasteiger partial charge in [-0.2, -0.15) is 4.39 Å². The predicted molar refractivity (Wildman–Crippen MR) is 47.5 cm³/mol. The average molecular weight is 206 g/mol. The third-order valence-electron chi connectivity index (χ3n) is 1.65. The van der Waals surface area contributed by atoms with Gasteiger partial charge in [-0.15, -0.1) is 0 Å². The summed E-state index contributed by atoms with van der Waals surface area (Å²) in [6.07, 6.45) is 0. The number of aromatic hydroxyl groups is 1. The van der Waals surface area contributed by atoms with Gasteiger partial charge in [0.1, 0.15) is 0 Å². The molecule has 0 radical (unpaired) electrons. The zero-order chi connectivity index (χ0) is 10.0. The van der Waals surface area contributed by atoms with Crippen molar-refractivity contribution in [3.8, 4) is 11.5 Å². The number of rotatable bonds is 2. The lowest BCUT2D eigenvalue weighted by Crippen LogP contribution is -2.00. The predicted octanol–water partition coefficient (Wildman–Crippen LogP) is 1.65. The van der Waals surface area contributed by atoms with Crippen LogP contribution in [-0.2, 0) is 6.54 Å². The fourth-order valence-electron chi connectivity index (χ4n) is 0.983. The van der Waals surface area contributed by atoms with Gasteiger partial charge >= 0.3 is 0 Å². The Morgan fingerprint density at radius 2 is 2.31 bits per heavy atom. The average Bonchev–Trinajstić information content (AvgIpc) is 2.12. The maximum atomic E-state index is 13.2. The summed E-state index contributed by atoms with van der Waals surface area (Å²) in [4.78, 5) is 0. The molecule has 0 aromatic heterocycles. The highest BCUT2D eigenvalue weighted by atomic mass is 35.5. The van der Waals surface area contributed by atoms with Gasteiger partial charge < -0.3 is 15.6 Å². The molecular weight excluding hydrogens is 197 g/mol. The van der Waals surface area contributed by atoms with Crippen LogP contribution in [0.5, 0.6) is 11.5 Å². The number of nitrogens with two attached hydrogens (primary N) is 1. The molecule has 3 N–H and O–H groups in total. The number of halogens is 2. The number of hydrogen-bond donors (Lipinski definition) is 2. The van der Waals surface area contributed by atoms with Crippen molar-refractivity contribution in [2.24, 2.45) is 5.73 Å². The molecule has 0 aliphatic heterocycles. The fraction of sp³-hybridized carbons (Fsp3) is 0.250. The van der Waals surface area contributed by atoms with Crippen molar-refractivity contribution in [2.75, 3.05) is 7.11 Å². The third-order valence-corrected chi connectivity index (χ3v) is 1.93. The first kappa shape index (κ1) is 10.1. The Labute approximate surface area is 79.9 Å². The van der Waals surface area contributed by atoms with Crippen LogP contribution in [0.3, 0.4) is 0 Å². The van der Waals surface area contributed by atoms with Gasteiger partial charge in [0.2, 0.25) is 5.82 Å². The fourth-order valence-corrected chi connectivity index (χ4v) is 1.27. The van der Waals surface area contributed by atoms with Crippen molar-refractivity contribution >= 4 is 11.6 Å². The number of phenols is 1. The zero-order valence-electron chi connectivity index (χ0n) is 6.97. The Morgan fingerprint density at radius 3 is 2.77 bits per heavy atom. The number of benzene rings is 1. The summed E-state index contributed by atoms with van der Waals surface area (Å²) in [5, 5.41) is 9.34. The first-order valence-corrected chi connectivity index (χ1v) is 3.93. The molecule has 0 heterocycles. The van der Waals surface area contributed by atoms with Gasteiger partial charge in [0.25, 0.3) is 0 Å². The Hall–Kier alpha value is -1.00. The lowest BCUT2D eigenvalue weighted by molar-refractivity contribution is 0.362. The maximum absolute atomic E-state index is 13.2. The van der Waals surface area contributed by atoms with Crippen LogP contribution in [-0.4, -0.2) is 12.2 Å². The second kappa shape index (κ2) is 3.81. The highest BCUT2D eigenvalue weighted by Gasteiger charge is 2.16. The minimum atomic E-state index is -0.879. The van der Waals surface area contributed by atoms with Crippen molar-refractivity contribution in [3.63, 3.8) is 0 Å². The van der Waals surface area contributed by atoms with Gasteiger partial charge in [0.15, 0.2) is 11.5 Å². The summed E-state index contributed by atoms with van der Waals surface area (Å²) in [6, 6.07) is 1.37. The second-order valence-electron chi connectivity index (χ2n) is 2.42. The van der Waals surface area contributed by atoms with Crippen molar-refractivity contribution in [3.05, 3.63) is 22.5 Å². The van der Waals surface area contributed by atoms with Crippen molar-refractivity contribution in [1.82, 2.24) is 0 Å². The molecule has 5 heteroatoms. The molecule has 0 aliphatic carbocycles. The van der Waals surface area contributed by atoms with E-state index in [1.54, 1.807) is 0 Å². The van der Waals surface area contributed by atoms with E-state index in [0.29, 0.717) is 0 Å². The minimum Gasteiger partial charge on any atom is -0.504 e. The minimum absolute atomic E-state index is 0.0203. The molecule has 1 rings (SSSR count). The molecule has 0 saturated carbocycles. The number of hydrogen-bond acceptors (Lipinski definition) is 3. The molecule has 0 atom stereocenters. The quantitative estimate of drug-likeness (QED) is 0.772.